The number of carbonyl (C=O) groups is 1. The number of carbonyl (C=O) groups excluding carboxylic acids is 1. The third kappa shape index (κ3) is 7.64. The second kappa shape index (κ2) is 12.9. The number of piperazine rings is 1. The summed E-state index contributed by atoms with van der Waals surface area (Å²) in [7, 11) is 2.02. The van der Waals surface area contributed by atoms with Gasteiger partial charge in [-0.25, -0.2) is 4.79 Å². The lowest BCUT2D eigenvalue weighted by Gasteiger charge is -2.31. The number of alkyl halides is 3. The van der Waals surface area contributed by atoms with Crippen molar-refractivity contribution in [2.75, 3.05) is 45.1 Å². The monoisotopic (exact) mass is 597 g/mol. The molecule has 1 aliphatic heterocycles. The van der Waals surface area contributed by atoms with Crippen LogP contribution < -0.4 is 11.1 Å². The summed E-state index contributed by atoms with van der Waals surface area (Å²) in [6.45, 7) is 3.24. The zero-order chi connectivity index (χ0) is 26.0. The lowest BCUT2D eigenvalue weighted by molar-refractivity contribution is -0.137. The fourth-order valence-electron chi connectivity index (χ4n) is 3.71. The summed E-state index contributed by atoms with van der Waals surface area (Å²) < 4.78 is 44.3. The summed E-state index contributed by atoms with van der Waals surface area (Å²) in [6, 6.07) is 6.68. The Labute approximate surface area is 233 Å². The van der Waals surface area contributed by atoms with Crippen molar-refractivity contribution in [2.45, 2.75) is 12.7 Å². The van der Waals surface area contributed by atoms with Crippen LogP contribution in [0.5, 0.6) is 5.75 Å². The van der Waals surface area contributed by atoms with Crippen LogP contribution in [0.25, 0.3) is 11.5 Å². The number of halogens is 6. The van der Waals surface area contributed by atoms with Crippen LogP contribution in [-0.2, 0) is 17.5 Å². The number of aromatic nitrogens is 2. The maximum atomic E-state index is 12.8. The molecule has 208 valence electrons. The molecule has 2 aromatic carbocycles. The molecule has 0 atom stereocenters. The number of aromatic hydroxyl groups is 1. The van der Waals surface area contributed by atoms with Crippen molar-refractivity contribution in [1.82, 2.24) is 19.6 Å². The number of hydrogen-bond acceptors (Lipinski definition) is 7. The minimum absolute atomic E-state index is 0. The molecule has 0 radical (unpaired) electrons. The van der Waals surface area contributed by atoms with Gasteiger partial charge in [-0.05, 0) is 37.4 Å². The van der Waals surface area contributed by atoms with E-state index in [0.717, 1.165) is 55.1 Å². The SMILES string of the molecule is CN1CCN(CC(=O)Nc2cc(O)c(Cn3nc(-c4ccc(C(F)(F)F)cc4)oc3=O)cc2Cl)CC1.Cl.Cl. The topological polar surface area (TPSA) is 104 Å². The van der Waals surface area contributed by atoms with Crippen LogP contribution in [0.2, 0.25) is 5.02 Å². The number of likely N-dealkylation sites (N-methyl/N-ethyl adjacent to an activating group) is 1. The minimum Gasteiger partial charge on any atom is -0.508 e. The van der Waals surface area contributed by atoms with Crippen molar-refractivity contribution < 1.29 is 27.5 Å². The van der Waals surface area contributed by atoms with Gasteiger partial charge in [0.2, 0.25) is 11.8 Å². The number of amides is 1. The highest BCUT2D eigenvalue weighted by Gasteiger charge is 2.30. The molecule has 0 spiro atoms. The van der Waals surface area contributed by atoms with E-state index in [1.54, 1.807) is 0 Å². The first-order valence-electron chi connectivity index (χ1n) is 11.0. The second-order valence-corrected chi connectivity index (χ2v) is 8.90. The Morgan fingerprint density at radius 3 is 2.37 bits per heavy atom. The molecule has 2 N–H and O–H groups in total. The zero-order valence-corrected chi connectivity index (χ0v) is 22.4. The highest BCUT2D eigenvalue weighted by Crippen LogP contribution is 2.32. The van der Waals surface area contributed by atoms with E-state index in [9.17, 15) is 27.9 Å². The first-order valence-corrected chi connectivity index (χ1v) is 11.3. The molecular weight excluding hydrogens is 574 g/mol. The molecule has 1 saturated heterocycles. The maximum Gasteiger partial charge on any atom is 0.437 e. The maximum absolute atomic E-state index is 12.8. The van der Waals surface area contributed by atoms with Crippen molar-refractivity contribution in [3.63, 3.8) is 0 Å². The average molecular weight is 599 g/mol. The fraction of sp³-hybridized carbons (Fsp3) is 0.348. The third-order valence-corrected chi connectivity index (χ3v) is 6.10. The number of nitrogens with one attached hydrogen (secondary N) is 1. The Bertz CT molecular complexity index is 1310. The average Bonchev–Trinajstić information content (AvgIpc) is 3.18. The van der Waals surface area contributed by atoms with Gasteiger partial charge in [0.15, 0.2) is 0 Å². The van der Waals surface area contributed by atoms with Gasteiger partial charge in [0.1, 0.15) is 5.75 Å². The van der Waals surface area contributed by atoms with Crippen LogP contribution in [0.4, 0.5) is 18.9 Å². The minimum atomic E-state index is -4.49. The Morgan fingerprint density at radius 1 is 1.13 bits per heavy atom. The third-order valence-electron chi connectivity index (χ3n) is 5.79. The lowest BCUT2D eigenvalue weighted by Crippen LogP contribution is -2.47. The van der Waals surface area contributed by atoms with Crippen molar-refractivity contribution >= 4 is 48.0 Å². The lowest BCUT2D eigenvalue weighted by atomic mass is 10.1. The van der Waals surface area contributed by atoms with E-state index in [0.29, 0.717) is 0 Å². The summed E-state index contributed by atoms with van der Waals surface area (Å²) in [5.41, 5.74) is -0.218. The molecule has 9 nitrogen and oxygen atoms in total. The summed E-state index contributed by atoms with van der Waals surface area (Å²) in [6.07, 6.45) is -4.49. The molecule has 4 rings (SSSR count). The number of phenolic OH excluding ortho intramolecular Hbond substituents is 1. The van der Waals surface area contributed by atoms with Gasteiger partial charge in [0.05, 0.1) is 29.4 Å². The molecule has 0 saturated carbocycles. The van der Waals surface area contributed by atoms with Crippen molar-refractivity contribution in [2.24, 2.45) is 0 Å². The van der Waals surface area contributed by atoms with E-state index in [1.165, 1.54) is 12.1 Å². The molecule has 1 amide bonds. The van der Waals surface area contributed by atoms with Gasteiger partial charge in [0.25, 0.3) is 0 Å². The molecule has 1 aliphatic rings. The van der Waals surface area contributed by atoms with Crippen LogP contribution in [0, 0.1) is 0 Å². The summed E-state index contributed by atoms with van der Waals surface area (Å²) >= 11 is 6.30. The summed E-state index contributed by atoms with van der Waals surface area (Å²) in [5.74, 6) is -1.56. The van der Waals surface area contributed by atoms with Gasteiger partial charge >= 0.3 is 11.9 Å². The van der Waals surface area contributed by atoms with Crippen LogP contribution in [0.15, 0.2) is 45.6 Å². The zero-order valence-electron chi connectivity index (χ0n) is 20.0. The normalized spacial score (nSPS) is 14.4. The number of nitrogens with zero attached hydrogens (tertiary/aromatic N) is 4. The predicted molar refractivity (Wildman–Crippen MR) is 140 cm³/mol. The van der Waals surface area contributed by atoms with Gasteiger partial charge in [-0.2, -0.15) is 17.9 Å². The smallest absolute Gasteiger partial charge is 0.437 e. The van der Waals surface area contributed by atoms with Gasteiger partial charge in [0, 0.05) is 43.4 Å². The molecule has 38 heavy (non-hydrogen) atoms. The second-order valence-electron chi connectivity index (χ2n) is 8.49. The van der Waals surface area contributed by atoms with Crippen LogP contribution in [-0.4, -0.2) is 70.4 Å². The molecule has 1 fully saturated rings. The molecule has 0 aliphatic carbocycles. The van der Waals surface area contributed by atoms with Crippen molar-refractivity contribution in [1.29, 1.82) is 0 Å². The van der Waals surface area contributed by atoms with Gasteiger partial charge in [-0.1, -0.05) is 11.6 Å². The highest BCUT2D eigenvalue weighted by molar-refractivity contribution is 6.33. The fourth-order valence-corrected chi connectivity index (χ4v) is 3.94. The predicted octanol–water partition coefficient (Wildman–Crippen LogP) is 3.96. The number of anilines is 1. The van der Waals surface area contributed by atoms with Gasteiger partial charge in [-0.3, -0.25) is 9.69 Å². The molecule has 0 bridgehead atoms. The number of rotatable bonds is 6. The molecule has 15 heteroatoms. The van der Waals surface area contributed by atoms with Crippen molar-refractivity contribution in [3.05, 3.63) is 63.1 Å². The first kappa shape index (κ1) is 31.4. The van der Waals surface area contributed by atoms with Crippen LogP contribution in [0.3, 0.4) is 0 Å². The Morgan fingerprint density at radius 2 is 1.76 bits per heavy atom. The first-order chi connectivity index (χ1) is 17.0. The summed E-state index contributed by atoms with van der Waals surface area (Å²) in [4.78, 5) is 28.9. The number of benzene rings is 2. The van der Waals surface area contributed by atoms with E-state index < -0.39 is 17.5 Å². The summed E-state index contributed by atoms with van der Waals surface area (Å²) in [5, 5.41) is 17.3. The molecular formula is C23H25Cl3F3N5O4. The van der Waals surface area contributed by atoms with Gasteiger partial charge < -0.3 is 19.7 Å². The molecule has 3 aromatic rings. The largest absolute Gasteiger partial charge is 0.508 e. The molecule has 1 aromatic heterocycles. The van der Waals surface area contributed by atoms with E-state index in [2.05, 4.69) is 15.3 Å². The standard InChI is InChI=1S/C23H23ClF3N5O4.2ClH/c1-30-6-8-31(9-7-30)13-20(34)28-18-11-19(33)15(10-17(18)24)12-32-22(35)36-21(29-32)14-2-4-16(5-3-14)23(25,26)27;;/h2-5,10-11,33H,6-9,12-13H2,1H3,(H,28,34);2*1H. The Balaban J connectivity index is 0.00000253. The molecule has 0 unspecified atom stereocenters. The number of hydrogen-bond donors (Lipinski definition) is 2. The molecule has 2 heterocycles. The van der Waals surface area contributed by atoms with Crippen molar-refractivity contribution in [3.8, 4) is 17.2 Å². The quantitative estimate of drug-likeness (QED) is 0.443. The van der Waals surface area contributed by atoms with Gasteiger partial charge in [-0.15, -0.1) is 29.9 Å². The Kier molecular flexibility index (Phi) is 10.6. The van der Waals surface area contributed by atoms with E-state index in [-0.39, 0.29) is 77.3 Å². The van der Waals surface area contributed by atoms with Crippen LogP contribution in [0.1, 0.15) is 11.1 Å². The van der Waals surface area contributed by atoms with E-state index >= 15 is 0 Å². The van der Waals surface area contributed by atoms with E-state index in [1.807, 2.05) is 11.9 Å². The van der Waals surface area contributed by atoms with E-state index in [4.69, 9.17) is 16.0 Å². The van der Waals surface area contributed by atoms with Crippen LogP contribution >= 0.6 is 36.4 Å². The number of phenols is 1. The Hall–Kier alpha value is -2.77. The highest BCUT2D eigenvalue weighted by atomic mass is 35.5.